The van der Waals surface area contributed by atoms with Gasteiger partial charge in [-0.1, -0.05) is 85.0 Å². The standard InChI is InChI=1S/C33H28N2/c1-3-9-29-31(27-19-18-26-20-21-34-32(26)22(27)2)28-12-7-8-13-30(28)35-33(29)25-16-14-24(15-17-25)23-10-5-4-6-11-23/h3-5,7-10,12-21,34H,6,11H2,1-2H3. The van der Waals surface area contributed by atoms with Crippen molar-refractivity contribution < 1.29 is 0 Å². The molecule has 0 bridgehead atoms. The van der Waals surface area contributed by atoms with Crippen LogP contribution in [0.3, 0.4) is 0 Å². The largest absolute Gasteiger partial charge is 0.361 e. The number of nitrogens with one attached hydrogen (secondary N) is 1. The van der Waals surface area contributed by atoms with E-state index in [1.165, 1.54) is 44.1 Å². The van der Waals surface area contributed by atoms with Crippen LogP contribution in [0.15, 0.2) is 97.2 Å². The highest BCUT2D eigenvalue weighted by Crippen LogP contribution is 2.41. The van der Waals surface area contributed by atoms with Gasteiger partial charge in [-0.05, 0) is 66.5 Å². The summed E-state index contributed by atoms with van der Waals surface area (Å²) in [6, 6.07) is 24.0. The third-order valence-corrected chi connectivity index (χ3v) is 7.06. The molecule has 0 spiro atoms. The van der Waals surface area contributed by atoms with Crippen LogP contribution >= 0.6 is 0 Å². The molecule has 0 saturated carbocycles. The van der Waals surface area contributed by atoms with E-state index in [2.05, 4.69) is 116 Å². The minimum Gasteiger partial charge on any atom is -0.361 e. The summed E-state index contributed by atoms with van der Waals surface area (Å²) >= 11 is 0. The molecule has 0 radical (unpaired) electrons. The molecule has 0 aliphatic heterocycles. The van der Waals surface area contributed by atoms with Gasteiger partial charge in [0.05, 0.1) is 11.2 Å². The molecule has 2 aromatic heterocycles. The fourth-order valence-corrected chi connectivity index (χ4v) is 5.30. The van der Waals surface area contributed by atoms with Crippen LogP contribution in [0, 0.1) is 6.92 Å². The molecule has 2 heteroatoms. The highest BCUT2D eigenvalue weighted by Gasteiger charge is 2.19. The van der Waals surface area contributed by atoms with E-state index >= 15 is 0 Å². The zero-order chi connectivity index (χ0) is 23.8. The van der Waals surface area contributed by atoms with E-state index in [0.29, 0.717) is 0 Å². The molecule has 0 atom stereocenters. The number of allylic oxidation sites excluding steroid dienone is 5. The number of fused-ring (bicyclic) bond motifs is 2. The number of H-pyrrole nitrogens is 1. The predicted octanol–water partition coefficient (Wildman–Crippen LogP) is 9.13. The van der Waals surface area contributed by atoms with Gasteiger partial charge in [0.25, 0.3) is 0 Å². The lowest BCUT2D eigenvalue weighted by atomic mass is 9.88. The van der Waals surface area contributed by atoms with Crippen LogP contribution in [0.2, 0.25) is 0 Å². The van der Waals surface area contributed by atoms with Crippen LogP contribution in [-0.4, -0.2) is 9.97 Å². The number of nitrogens with zero attached hydrogens (tertiary/aromatic N) is 1. The van der Waals surface area contributed by atoms with Crippen molar-refractivity contribution in [1.82, 2.24) is 9.97 Å². The topological polar surface area (TPSA) is 28.7 Å². The number of para-hydroxylation sites is 1. The first-order chi connectivity index (χ1) is 17.2. The lowest BCUT2D eigenvalue weighted by Crippen LogP contribution is -1.98. The summed E-state index contributed by atoms with van der Waals surface area (Å²) in [5, 5.41) is 2.41. The third-order valence-electron chi connectivity index (χ3n) is 7.06. The normalized spacial score (nSPS) is 13.7. The third kappa shape index (κ3) is 3.72. The van der Waals surface area contributed by atoms with Gasteiger partial charge in [-0.25, -0.2) is 4.98 Å². The number of aromatic nitrogens is 2. The minimum absolute atomic E-state index is 1.01. The van der Waals surface area contributed by atoms with Crippen LogP contribution in [-0.2, 0) is 0 Å². The average molecular weight is 453 g/mol. The number of benzene rings is 3. The van der Waals surface area contributed by atoms with Gasteiger partial charge in [-0.15, -0.1) is 0 Å². The van der Waals surface area contributed by atoms with E-state index in [-0.39, 0.29) is 0 Å². The lowest BCUT2D eigenvalue weighted by Gasteiger charge is -2.18. The van der Waals surface area contributed by atoms with Crippen LogP contribution in [0.4, 0.5) is 0 Å². The Bertz CT molecular complexity index is 1640. The van der Waals surface area contributed by atoms with Crippen molar-refractivity contribution in [2.75, 3.05) is 0 Å². The first-order valence-corrected chi connectivity index (χ1v) is 12.3. The molecule has 0 amide bonds. The van der Waals surface area contributed by atoms with Crippen LogP contribution < -0.4 is 0 Å². The molecule has 0 unspecified atom stereocenters. The van der Waals surface area contributed by atoms with Gasteiger partial charge in [0, 0.05) is 33.8 Å². The molecule has 1 aliphatic carbocycles. The van der Waals surface area contributed by atoms with E-state index in [1.54, 1.807) is 0 Å². The minimum atomic E-state index is 1.01. The van der Waals surface area contributed by atoms with E-state index in [1.807, 2.05) is 6.20 Å². The summed E-state index contributed by atoms with van der Waals surface area (Å²) in [7, 11) is 0. The van der Waals surface area contributed by atoms with E-state index < -0.39 is 0 Å². The molecule has 1 aliphatic rings. The van der Waals surface area contributed by atoms with Crippen molar-refractivity contribution in [1.29, 1.82) is 0 Å². The fraction of sp³-hybridized carbons (Fsp3) is 0.121. The Balaban J connectivity index is 1.61. The monoisotopic (exact) mass is 452 g/mol. The van der Waals surface area contributed by atoms with Gasteiger partial charge < -0.3 is 4.98 Å². The Morgan fingerprint density at radius 1 is 0.914 bits per heavy atom. The Labute approximate surface area is 206 Å². The maximum absolute atomic E-state index is 5.19. The smallest absolute Gasteiger partial charge is 0.0788 e. The maximum Gasteiger partial charge on any atom is 0.0788 e. The SMILES string of the molecule is CC=Cc1c(-c2ccc(C3=CC=CCC3)cc2)nc2ccccc2c1-c1ccc2cc[nH]c2c1C. The number of pyridine rings is 1. The summed E-state index contributed by atoms with van der Waals surface area (Å²) < 4.78 is 0. The number of rotatable bonds is 4. The summed E-state index contributed by atoms with van der Waals surface area (Å²) in [4.78, 5) is 8.63. The first kappa shape index (κ1) is 21.4. The Hall–Kier alpha value is -4.17. The Kier molecular flexibility index (Phi) is 5.42. The summed E-state index contributed by atoms with van der Waals surface area (Å²) in [6.07, 6.45) is 15.2. The zero-order valence-electron chi connectivity index (χ0n) is 20.2. The number of aryl methyl sites for hydroxylation is 1. The molecular formula is C33H28N2. The zero-order valence-corrected chi connectivity index (χ0v) is 20.2. The predicted molar refractivity (Wildman–Crippen MR) is 150 cm³/mol. The number of hydrogen-bond donors (Lipinski definition) is 1. The Morgan fingerprint density at radius 2 is 1.74 bits per heavy atom. The van der Waals surface area contributed by atoms with Crippen molar-refractivity contribution in [2.24, 2.45) is 0 Å². The van der Waals surface area contributed by atoms with Crippen molar-refractivity contribution in [3.8, 4) is 22.4 Å². The molecule has 2 nitrogen and oxygen atoms in total. The van der Waals surface area contributed by atoms with Crippen LogP contribution in [0.25, 0.3) is 55.8 Å². The van der Waals surface area contributed by atoms with Crippen LogP contribution in [0.5, 0.6) is 0 Å². The van der Waals surface area contributed by atoms with E-state index in [0.717, 1.165) is 35.2 Å². The van der Waals surface area contributed by atoms with Gasteiger partial charge in [0.15, 0.2) is 0 Å². The van der Waals surface area contributed by atoms with Gasteiger partial charge >= 0.3 is 0 Å². The Morgan fingerprint density at radius 3 is 2.54 bits per heavy atom. The second kappa shape index (κ2) is 8.88. The quantitative estimate of drug-likeness (QED) is 0.289. The highest BCUT2D eigenvalue weighted by molar-refractivity contribution is 6.05. The van der Waals surface area contributed by atoms with Gasteiger partial charge in [-0.2, -0.15) is 0 Å². The maximum atomic E-state index is 5.19. The summed E-state index contributed by atoms with van der Waals surface area (Å²) in [5.41, 5.74) is 11.9. The van der Waals surface area contributed by atoms with Crippen molar-refractivity contribution in [3.05, 3.63) is 114 Å². The fourth-order valence-electron chi connectivity index (χ4n) is 5.30. The molecule has 2 heterocycles. The van der Waals surface area contributed by atoms with Gasteiger partial charge in [0.1, 0.15) is 0 Å². The first-order valence-electron chi connectivity index (χ1n) is 12.3. The summed E-state index contributed by atoms with van der Waals surface area (Å²) in [6.45, 7) is 4.29. The number of hydrogen-bond acceptors (Lipinski definition) is 1. The molecule has 35 heavy (non-hydrogen) atoms. The average Bonchev–Trinajstić information content (AvgIpc) is 3.40. The highest BCUT2D eigenvalue weighted by atomic mass is 14.7. The molecule has 5 aromatic rings. The molecule has 3 aromatic carbocycles. The van der Waals surface area contributed by atoms with E-state index in [9.17, 15) is 0 Å². The molecule has 0 saturated heterocycles. The van der Waals surface area contributed by atoms with E-state index in [4.69, 9.17) is 4.98 Å². The summed E-state index contributed by atoms with van der Waals surface area (Å²) in [5.74, 6) is 0. The van der Waals surface area contributed by atoms with Crippen molar-refractivity contribution in [2.45, 2.75) is 26.7 Å². The molecule has 0 fully saturated rings. The molecule has 1 N–H and O–H groups in total. The lowest BCUT2D eigenvalue weighted by molar-refractivity contribution is 1.05. The number of aromatic amines is 1. The van der Waals surface area contributed by atoms with Crippen LogP contribution in [0.1, 0.15) is 36.5 Å². The second-order valence-corrected chi connectivity index (χ2v) is 9.18. The molecule has 6 rings (SSSR count). The molecular weight excluding hydrogens is 424 g/mol. The second-order valence-electron chi connectivity index (χ2n) is 9.18. The van der Waals surface area contributed by atoms with Crippen molar-refractivity contribution in [3.63, 3.8) is 0 Å². The van der Waals surface area contributed by atoms with Gasteiger partial charge in [-0.3, -0.25) is 0 Å². The van der Waals surface area contributed by atoms with Gasteiger partial charge in [0.2, 0.25) is 0 Å². The van der Waals surface area contributed by atoms with Crippen molar-refractivity contribution >= 4 is 33.5 Å². The molecule has 170 valence electrons.